The van der Waals surface area contributed by atoms with Crippen LogP contribution in [0.5, 0.6) is 0 Å². The third kappa shape index (κ3) is 3.10. The lowest BCUT2D eigenvalue weighted by Gasteiger charge is -2.29. The number of rotatable bonds is 4. The molecule has 0 aliphatic heterocycles. The van der Waals surface area contributed by atoms with Crippen molar-refractivity contribution in [2.45, 2.75) is 51.4 Å². The highest BCUT2D eigenvalue weighted by molar-refractivity contribution is 5.26. The Morgan fingerprint density at radius 1 is 1.12 bits per heavy atom. The van der Waals surface area contributed by atoms with E-state index in [9.17, 15) is 5.11 Å². The summed E-state index contributed by atoms with van der Waals surface area (Å²) in [6.45, 7) is 2.48. The van der Waals surface area contributed by atoms with Gasteiger partial charge in [-0.25, -0.2) is 0 Å². The van der Waals surface area contributed by atoms with Crippen LogP contribution in [-0.4, -0.2) is 11.7 Å². The van der Waals surface area contributed by atoms with E-state index in [1.165, 1.54) is 43.2 Å². The molecule has 2 rings (SSSR count). The van der Waals surface area contributed by atoms with E-state index in [1.807, 2.05) is 0 Å². The van der Waals surface area contributed by atoms with Crippen LogP contribution in [0.2, 0.25) is 0 Å². The molecule has 17 heavy (non-hydrogen) atoms. The van der Waals surface area contributed by atoms with Crippen LogP contribution >= 0.6 is 0 Å². The Bertz CT molecular complexity index is 322. The summed E-state index contributed by atoms with van der Waals surface area (Å²) in [5.41, 5.74) is 2.71. The number of aliphatic hydroxyl groups is 1. The minimum atomic E-state index is 0.302. The van der Waals surface area contributed by atoms with Crippen LogP contribution in [0.4, 0.5) is 0 Å². The Morgan fingerprint density at radius 3 is 2.29 bits per heavy atom. The van der Waals surface area contributed by atoms with E-state index in [0.29, 0.717) is 18.4 Å². The number of hydrogen-bond donors (Lipinski definition) is 1. The van der Waals surface area contributed by atoms with Crippen molar-refractivity contribution in [2.75, 3.05) is 6.61 Å². The summed E-state index contributed by atoms with van der Waals surface area (Å²) in [4.78, 5) is 0. The SMILES string of the molecule is CCc1ccc(C(CO)C2CCCCC2)cc1. The first-order valence-electron chi connectivity index (χ1n) is 7.05. The van der Waals surface area contributed by atoms with Crippen LogP contribution in [0.15, 0.2) is 24.3 Å². The molecule has 1 aromatic carbocycles. The van der Waals surface area contributed by atoms with Crippen LogP contribution in [0.3, 0.4) is 0 Å². The summed E-state index contributed by atoms with van der Waals surface area (Å²) >= 11 is 0. The molecule has 0 aromatic heterocycles. The van der Waals surface area contributed by atoms with Crippen LogP contribution in [0, 0.1) is 5.92 Å². The molecule has 1 saturated carbocycles. The molecule has 1 heteroatoms. The fraction of sp³-hybridized carbons (Fsp3) is 0.625. The molecule has 0 spiro atoms. The maximum atomic E-state index is 9.66. The molecule has 1 unspecified atom stereocenters. The van der Waals surface area contributed by atoms with Gasteiger partial charge in [0, 0.05) is 5.92 Å². The second kappa shape index (κ2) is 6.20. The maximum absolute atomic E-state index is 9.66. The van der Waals surface area contributed by atoms with Crippen molar-refractivity contribution in [3.05, 3.63) is 35.4 Å². The van der Waals surface area contributed by atoms with Gasteiger partial charge in [0.1, 0.15) is 0 Å². The van der Waals surface area contributed by atoms with Gasteiger partial charge in [0.15, 0.2) is 0 Å². The summed E-state index contributed by atoms with van der Waals surface area (Å²) in [7, 11) is 0. The number of benzene rings is 1. The molecule has 94 valence electrons. The molecule has 0 amide bonds. The van der Waals surface area contributed by atoms with E-state index in [4.69, 9.17) is 0 Å². The lowest BCUT2D eigenvalue weighted by Crippen LogP contribution is -2.19. The van der Waals surface area contributed by atoms with Crippen LogP contribution in [0.1, 0.15) is 56.1 Å². The van der Waals surface area contributed by atoms with Crippen LogP contribution in [-0.2, 0) is 6.42 Å². The van der Waals surface area contributed by atoms with E-state index in [-0.39, 0.29) is 0 Å². The first-order valence-corrected chi connectivity index (χ1v) is 7.05. The first-order chi connectivity index (χ1) is 8.35. The summed E-state index contributed by atoms with van der Waals surface area (Å²) in [5.74, 6) is 1.06. The lowest BCUT2D eigenvalue weighted by atomic mass is 9.77. The minimum absolute atomic E-state index is 0.302. The quantitative estimate of drug-likeness (QED) is 0.834. The lowest BCUT2D eigenvalue weighted by molar-refractivity contribution is 0.196. The van der Waals surface area contributed by atoms with Gasteiger partial charge in [0.05, 0.1) is 6.61 Å². The molecular weight excluding hydrogens is 208 g/mol. The average Bonchev–Trinajstić information content (AvgIpc) is 2.42. The molecule has 0 radical (unpaired) electrons. The van der Waals surface area contributed by atoms with Gasteiger partial charge in [0.25, 0.3) is 0 Å². The molecule has 1 aliphatic rings. The van der Waals surface area contributed by atoms with Gasteiger partial charge in [-0.3, -0.25) is 0 Å². The van der Waals surface area contributed by atoms with Crippen molar-refractivity contribution in [3.63, 3.8) is 0 Å². The van der Waals surface area contributed by atoms with Gasteiger partial charge < -0.3 is 5.11 Å². The highest BCUT2D eigenvalue weighted by Crippen LogP contribution is 2.35. The molecule has 0 saturated heterocycles. The van der Waals surface area contributed by atoms with Crippen LogP contribution in [0.25, 0.3) is 0 Å². The fourth-order valence-corrected chi connectivity index (χ4v) is 3.06. The Morgan fingerprint density at radius 2 is 1.76 bits per heavy atom. The Hall–Kier alpha value is -0.820. The monoisotopic (exact) mass is 232 g/mol. The zero-order valence-electron chi connectivity index (χ0n) is 10.9. The highest BCUT2D eigenvalue weighted by atomic mass is 16.3. The molecule has 1 atom stereocenters. The van der Waals surface area contributed by atoms with Gasteiger partial charge in [-0.05, 0) is 36.3 Å². The van der Waals surface area contributed by atoms with Gasteiger partial charge in [0.2, 0.25) is 0 Å². The molecular formula is C16H24O. The summed E-state index contributed by atoms with van der Waals surface area (Å²) in [5, 5.41) is 9.66. The van der Waals surface area contributed by atoms with E-state index >= 15 is 0 Å². The zero-order chi connectivity index (χ0) is 12.1. The topological polar surface area (TPSA) is 20.2 Å². The first kappa shape index (κ1) is 12.6. The van der Waals surface area contributed by atoms with Gasteiger partial charge in [-0.1, -0.05) is 50.5 Å². The molecule has 1 nitrogen and oxygen atoms in total. The molecule has 1 aromatic rings. The third-order valence-electron chi connectivity index (χ3n) is 4.23. The van der Waals surface area contributed by atoms with E-state index in [1.54, 1.807) is 0 Å². The average molecular weight is 232 g/mol. The second-order valence-corrected chi connectivity index (χ2v) is 5.28. The molecule has 0 heterocycles. The molecule has 1 N–H and O–H groups in total. The van der Waals surface area contributed by atoms with Crippen molar-refractivity contribution >= 4 is 0 Å². The van der Waals surface area contributed by atoms with E-state index in [0.717, 1.165) is 6.42 Å². The molecule has 1 aliphatic carbocycles. The summed E-state index contributed by atoms with van der Waals surface area (Å²) in [6.07, 6.45) is 7.74. The standard InChI is InChI=1S/C16H24O/c1-2-13-8-10-15(11-9-13)16(12-17)14-6-4-3-5-7-14/h8-11,14,16-17H,2-7,12H2,1H3. The summed E-state index contributed by atoms with van der Waals surface area (Å²) < 4.78 is 0. The van der Waals surface area contributed by atoms with Crippen LogP contribution < -0.4 is 0 Å². The largest absolute Gasteiger partial charge is 0.396 e. The van der Waals surface area contributed by atoms with Crippen molar-refractivity contribution in [1.29, 1.82) is 0 Å². The molecule has 0 bridgehead atoms. The zero-order valence-corrected chi connectivity index (χ0v) is 10.9. The predicted molar refractivity (Wildman–Crippen MR) is 72.2 cm³/mol. The van der Waals surface area contributed by atoms with Gasteiger partial charge in [-0.15, -0.1) is 0 Å². The normalized spacial score (nSPS) is 19.2. The van der Waals surface area contributed by atoms with Crippen molar-refractivity contribution in [1.82, 2.24) is 0 Å². The second-order valence-electron chi connectivity index (χ2n) is 5.28. The van der Waals surface area contributed by atoms with Gasteiger partial charge >= 0.3 is 0 Å². The van der Waals surface area contributed by atoms with Gasteiger partial charge in [-0.2, -0.15) is 0 Å². The number of aryl methyl sites for hydroxylation is 1. The summed E-state index contributed by atoms with van der Waals surface area (Å²) in [6, 6.07) is 8.85. The van der Waals surface area contributed by atoms with Crippen molar-refractivity contribution in [3.8, 4) is 0 Å². The fourth-order valence-electron chi connectivity index (χ4n) is 3.06. The smallest absolute Gasteiger partial charge is 0.0502 e. The number of hydrogen-bond acceptors (Lipinski definition) is 1. The maximum Gasteiger partial charge on any atom is 0.0502 e. The predicted octanol–water partition coefficient (Wildman–Crippen LogP) is 3.91. The Labute approximate surface area is 105 Å². The Kier molecular flexibility index (Phi) is 4.61. The highest BCUT2D eigenvalue weighted by Gasteiger charge is 2.24. The van der Waals surface area contributed by atoms with E-state index in [2.05, 4.69) is 31.2 Å². The van der Waals surface area contributed by atoms with E-state index < -0.39 is 0 Å². The number of aliphatic hydroxyl groups excluding tert-OH is 1. The third-order valence-corrected chi connectivity index (χ3v) is 4.23. The minimum Gasteiger partial charge on any atom is -0.396 e. The molecule has 1 fully saturated rings. The van der Waals surface area contributed by atoms with Crippen molar-refractivity contribution < 1.29 is 5.11 Å². The Balaban J connectivity index is 2.10. The van der Waals surface area contributed by atoms with Crippen molar-refractivity contribution in [2.24, 2.45) is 5.92 Å².